The molecule has 1 unspecified atom stereocenters. The maximum Gasteiger partial charge on any atom is -0.0113 e. The fourth-order valence-corrected chi connectivity index (χ4v) is 15.9. The van der Waals surface area contributed by atoms with E-state index in [-0.39, 0.29) is 0 Å². The van der Waals surface area contributed by atoms with Crippen molar-refractivity contribution in [2.75, 3.05) is 12.1 Å². The Hall–Kier alpha value is 0.860. The first-order valence-corrected chi connectivity index (χ1v) is 16.3. The van der Waals surface area contributed by atoms with Crippen LogP contribution in [0.4, 0.5) is 0 Å². The van der Waals surface area contributed by atoms with Crippen LogP contribution in [0.2, 0.25) is 0 Å². The molecule has 0 bridgehead atoms. The van der Waals surface area contributed by atoms with Crippen molar-refractivity contribution in [3.8, 4) is 0 Å². The van der Waals surface area contributed by atoms with Gasteiger partial charge in [-0.05, 0) is 74.0 Å². The molecule has 3 rings (SSSR count). The highest BCUT2D eigenvalue weighted by Crippen LogP contribution is 2.64. The van der Waals surface area contributed by atoms with Crippen LogP contribution in [-0.4, -0.2) is 29.0 Å². The minimum absolute atomic E-state index is 0.343. The molecule has 0 N–H and O–H groups in total. The maximum absolute atomic E-state index is 2.37. The van der Waals surface area contributed by atoms with E-state index < -0.39 is 0 Å². The SMILES string of the molecule is CCCCCCP(CP(C1CCCCC1)C1CCCCC1)C1CCCCC1. The largest absolute Gasteiger partial charge is 0.0991 e. The lowest BCUT2D eigenvalue weighted by Crippen LogP contribution is -2.23. The lowest BCUT2D eigenvalue weighted by molar-refractivity contribution is 0.485. The predicted molar refractivity (Wildman–Crippen MR) is 128 cm³/mol. The van der Waals surface area contributed by atoms with Crippen LogP contribution in [0.25, 0.3) is 0 Å². The van der Waals surface area contributed by atoms with Gasteiger partial charge in [-0.15, -0.1) is 0 Å². The Balaban J connectivity index is 1.64. The molecule has 1 atom stereocenters. The van der Waals surface area contributed by atoms with Gasteiger partial charge < -0.3 is 0 Å². The molecule has 0 heterocycles. The van der Waals surface area contributed by atoms with Gasteiger partial charge >= 0.3 is 0 Å². The van der Waals surface area contributed by atoms with E-state index in [0.717, 1.165) is 0 Å². The quantitative estimate of drug-likeness (QED) is 0.248. The van der Waals surface area contributed by atoms with Gasteiger partial charge in [-0.3, -0.25) is 0 Å². The Morgan fingerprint density at radius 1 is 0.556 bits per heavy atom. The summed E-state index contributed by atoms with van der Waals surface area (Å²) < 4.78 is 0. The molecule has 0 aromatic carbocycles. The van der Waals surface area contributed by atoms with Crippen LogP contribution in [0.15, 0.2) is 0 Å². The monoisotopic (exact) mass is 410 g/mol. The standard InChI is InChI=1S/C25H48P2/c1-2-3-4-14-21-26(23-15-8-5-9-16-23)22-27(24-17-10-6-11-18-24)25-19-12-7-13-20-25/h23-25H,2-22H2,1H3. The van der Waals surface area contributed by atoms with Gasteiger partial charge in [-0.1, -0.05) is 99.8 Å². The van der Waals surface area contributed by atoms with Crippen molar-refractivity contribution in [3.63, 3.8) is 0 Å². The molecule has 0 nitrogen and oxygen atoms in total. The molecule has 3 fully saturated rings. The molecule has 0 aromatic heterocycles. The number of hydrogen-bond acceptors (Lipinski definition) is 0. The summed E-state index contributed by atoms with van der Waals surface area (Å²) in [5.74, 6) is 1.76. The van der Waals surface area contributed by atoms with Crippen molar-refractivity contribution < 1.29 is 0 Å². The lowest BCUT2D eigenvalue weighted by Gasteiger charge is -2.42. The van der Waals surface area contributed by atoms with Gasteiger partial charge in [0.25, 0.3) is 0 Å². The highest BCUT2D eigenvalue weighted by atomic mass is 31.2. The second kappa shape index (κ2) is 13.2. The summed E-state index contributed by atoms with van der Waals surface area (Å²) in [6.07, 6.45) is 31.3. The summed E-state index contributed by atoms with van der Waals surface area (Å²) >= 11 is 0. The first-order chi connectivity index (χ1) is 13.4. The number of rotatable bonds is 10. The van der Waals surface area contributed by atoms with Gasteiger partial charge in [0, 0.05) is 0 Å². The molecule has 2 heteroatoms. The topological polar surface area (TPSA) is 0 Å². The number of hydrogen-bond donors (Lipinski definition) is 0. The van der Waals surface area contributed by atoms with Crippen molar-refractivity contribution in [2.45, 2.75) is 146 Å². The van der Waals surface area contributed by atoms with Crippen LogP contribution in [0.1, 0.15) is 129 Å². The van der Waals surface area contributed by atoms with E-state index in [1.165, 1.54) is 42.7 Å². The van der Waals surface area contributed by atoms with Crippen LogP contribution < -0.4 is 0 Å². The fourth-order valence-electron chi connectivity index (χ4n) is 6.12. The van der Waals surface area contributed by atoms with Crippen LogP contribution in [0.3, 0.4) is 0 Å². The Morgan fingerprint density at radius 2 is 1.04 bits per heavy atom. The van der Waals surface area contributed by atoms with Crippen LogP contribution in [0, 0.1) is 0 Å². The zero-order valence-corrected chi connectivity index (χ0v) is 20.3. The van der Waals surface area contributed by atoms with Gasteiger partial charge in [-0.2, -0.15) is 0 Å². The van der Waals surface area contributed by atoms with Crippen molar-refractivity contribution in [1.82, 2.24) is 0 Å². The van der Waals surface area contributed by atoms with Gasteiger partial charge in [0.1, 0.15) is 0 Å². The molecule has 0 radical (unpaired) electrons. The average Bonchev–Trinajstić information content (AvgIpc) is 2.75. The minimum Gasteiger partial charge on any atom is -0.0991 e. The summed E-state index contributed by atoms with van der Waals surface area (Å²) in [5, 5.41) is 0. The molecule has 3 aliphatic carbocycles. The molecule has 27 heavy (non-hydrogen) atoms. The molecule has 158 valence electrons. The molecule has 0 aromatic rings. The predicted octanol–water partition coefficient (Wildman–Crippen LogP) is 9.49. The van der Waals surface area contributed by atoms with E-state index in [1.54, 1.807) is 108 Å². The number of unbranched alkanes of at least 4 members (excludes halogenated alkanes) is 3. The third-order valence-electron chi connectivity index (χ3n) is 7.82. The molecular weight excluding hydrogens is 362 g/mol. The van der Waals surface area contributed by atoms with E-state index in [0.29, 0.717) is 15.8 Å². The van der Waals surface area contributed by atoms with Crippen molar-refractivity contribution in [3.05, 3.63) is 0 Å². The molecular formula is C25H48P2. The maximum atomic E-state index is 2.37. The second-order valence-electron chi connectivity index (χ2n) is 9.90. The Labute approximate surface area is 173 Å². The Kier molecular flexibility index (Phi) is 11.0. The van der Waals surface area contributed by atoms with Crippen molar-refractivity contribution in [1.29, 1.82) is 0 Å². The fraction of sp³-hybridized carbons (Fsp3) is 1.00. The van der Waals surface area contributed by atoms with Gasteiger partial charge in [0.05, 0.1) is 0 Å². The summed E-state index contributed by atoms with van der Waals surface area (Å²) in [6.45, 7) is 2.37. The molecule has 3 saturated carbocycles. The highest BCUT2D eigenvalue weighted by molar-refractivity contribution is 7.75. The molecule has 0 aliphatic heterocycles. The summed E-state index contributed by atoms with van der Waals surface area (Å²) in [4.78, 5) is 0. The van der Waals surface area contributed by atoms with Crippen LogP contribution in [-0.2, 0) is 0 Å². The van der Waals surface area contributed by atoms with E-state index in [1.807, 2.05) is 0 Å². The van der Waals surface area contributed by atoms with E-state index in [9.17, 15) is 0 Å². The normalized spacial score (nSPS) is 25.1. The Bertz CT molecular complexity index is 347. The summed E-state index contributed by atoms with van der Waals surface area (Å²) in [7, 11) is 0.688. The van der Waals surface area contributed by atoms with E-state index in [4.69, 9.17) is 0 Å². The van der Waals surface area contributed by atoms with Crippen molar-refractivity contribution >= 4 is 15.8 Å². The molecule has 3 aliphatic rings. The zero-order chi connectivity index (χ0) is 18.7. The Morgan fingerprint density at radius 3 is 1.52 bits per heavy atom. The average molecular weight is 411 g/mol. The smallest absolute Gasteiger partial charge is 0.0113 e. The zero-order valence-electron chi connectivity index (χ0n) is 18.5. The van der Waals surface area contributed by atoms with Crippen LogP contribution in [0.5, 0.6) is 0 Å². The summed E-state index contributed by atoms with van der Waals surface area (Å²) in [5.41, 5.74) is 3.54. The van der Waals surface area contributed by atoms with Gasteiger partial charge in [0.2, 0.25) is 0 Å². The first-order valence-electron chi connectivity index (χ1n) is 12.9. The lowest BCUT2D eigenvalue weighted by atomic mass is 9.99. The first kappa shape index (κ1) is 22.5. The van der Waals surface area contributed by atoms with Crippen molar-refractivity contribution in [2.24, 2.45) is 0 Å². The molecule has 0 spiro atoms. The summed E-state index contributed by atoms with van der Waals surface area (Å²) in [6, 6.07) is 0. The minimum atomic E-state index is 0.343. The van der Waals surface area contributed by atoms with E-state index in [2.05, 4.69) is 6.92 Å². The van der Waals surface area contributed by atoms with E-state index >= 15 is 0 Å². The third kappa shape index (κ3) is 7.56. The van der Waals surface area contributed by atoms with Crippen LogP contribution >= 0.6 is 15.8 Å². The third-order valence-corrected chi connectivity index (χ3v) is 15.9. The molecule has 0 amide bonds. The second-order valence-corrected chi connectivity index (χ2v) is 15.9. The highest BCUT2D eigenvalue weighted by Gasteiger charge is 2.34. The molecule has 0 saturated heterocycles. The van der Waals surface area contributed by atoms with Gasteiger partial charge in [-0.25, -0.2) is 0 Å². The van der Waals surface area contributed by atoms with Gasteiger partial charge in [0.15, 0.2) is 0 Å².